The van der Waals surface area contributed by atoms with Gasteiger partial charge in [-0.2, -0.15) is 5.10 Å². The molecule has 2 aromatic carbocycles. The van der Waals surface area contributed by atoms with E-state index < -0.39 is 11.9 Å². The van der Waals surface area contributed by atoms with Crippen molar-refractivity contribution in [2.24, 2.45) is 5.73 Å². The molecule has 1 atom stereocenters. The number of carbonyl (C=O) groups is 1. The lowest BCUT2D eigenvalue weighted by atomic mass is 10.0. The van der Waals surface area contributed by atoms with E-state index in [1.54, 1.807) is 35.2 Å². The number of para-hydroxylation sites is 1. The number of nitrogens with one attached hydrogen (secondary N) is 1. The van der Waals surface area contributed by atoms with Crippen LogP contribution in [0.4, 0.5) is 0 Å². The van der Waals surface area contributed by atoms with Gasteiger partial charge in [-0.15, -0.1) is 6.42 Å². The molecule has 0 aliphatic heterocycles. The van der Waals surface area contributed by atoms with Crippen LogP contribution < -0.4 is 16.6 Å². The van der Waals surface area contributed by atoms with Crippen molar-refractivity contribution < 1.29 is 4.79 Å². The Bertz CT molecular complexity index is 1630. The highest BCUT2D eigenvalue weighted by molar-refractivity contribution is 6.00. The molecule has 3 heterocycles. The Balaban J connectivity index is 1.67. The summed E-state index contributed by atoms with van der Waals surface area (Å²) in [5.74, 6) is 2.20. The molecule has 3 N–H and O–H groups in total. The van der Waals surface area contributed by atoms with E-state index in [1.807, 2.05) is 42.5 Å². The van der Waals surface area contributed by atoms with Crippen LogP contribution in [0.15, 0.2) is 84.0 Å². The Hall–Kier alpha value is -4.74. The Morgan fingerprint density at radius 3 is 2.74 bits per heavy atom. The van der Waals surface area contributed by atoms with Crippen LogP contribution in [0.2, 0.25) is 0 Å². The second kappa shape index (κ2) is 8.65. The summed E-state index contributed by atoms with van der Waals surface area (Å²) >= 11 is 0. The fraction of sp³-hybridized carbons (Fsp3) is 0.0769. The van der Waals surface area contributed by atoms with Gasteiger partial charge >= 0.3 is 0 Å². The van der Waals surface area contributed by atoms with Crippen molar-refractivity contribution in [1.82, 2.24) is 24.5 Å². The predicted octanol–water partition coefficient (Wildman–Crippen LogP) is 2.44. The van der Waals surface area contributed by atoms with Gasteiger partial charge in [-0.25, -0.2) is 9.50 Å². The number of terminal acetylenes is 1. The smallest absolute Gasteiger partial charge is 0.264 e. The molecule has 8 nitrogen and oxygen atoms in total. The molecule has 0 saturated carbocycles. The normalized spacial score (nSPS) is 11.9. The van der Waals surface area contributed by atoms with Crippen LogP contribution in [0.5, 0.6) is 0 Å². The highest BCUT2D eigenvalue weighted by Gasteiger charge is 2.23. The Labute approximate surface area is 194 Å². The van der Waals surface area contributed by atoms with Gasteiger partial charge in [0.2, 0.25) is 0 Å². The van der Waals surface area contributed by atoms with Gasteiger partial charge in [0, 0.05) is 30.2 Å². The Kier molecular flexibility index (Phi) is 5.38. The summed E-state index contributed by atoms with van der Waals surface area (Å²) in [6.45, 7) is 0.0605. The minimum atomic E-state index is -0.669. The molecular weight excluding hydrogens is 428 g/mol. The van der Waals surface area contributed by atoms with Crippen molar-refractivity contribution in [2.45, 2.75) is 6.04 Å². The molecule has 0 spiro atoms. The lowest BCUT2D eigenvalue weighted by Gasteiger charge is -2.23. The summed E-state index contributed by atoms with van der Waals surface area (Å²) in [6.07, 6.45) is 10.4. The maximum Gasteiger partial charge on any atom is 0.264 e. The van der Waals surface area contributed by atoms with Gasteiger partial charge in [0.05, 0.1) is 23.3 Å². The van der Waals surface area contributed by atoms with Gasteiger partial charge < -0.3 is 11.1 Å². The summed E-state index contributed by atoms with van der Waals surface area (Å²) in [7, 11) is 0. The maximum atomic E-state index is 13.7. The van der Waals surface area contributed by atoms with Crippen LogP contribution in [0.25, 0.3) is 22.1 Å². The molecule has 166 valence electrons. The molecule has 1 amide bonds. The number of nitrogens with zero attached hydrogens (tertiary/aromatic N) is 4. The molecule has 0 aliphatic carbocycles. The van der Waals surface area contributed by atoms with E-state index in [2.05, 4.69) is 21.3 Å². The van der Waals surface area contributed by atoms with Crippen molar-refractivity contribution in [1.29, 1.82) is 0 Å². The monoisotopic (exact) mass is 448 g/mol. The summed E-state index contributed by atoms with van der Waals surface area (Å²) in [5, 5.41) is 8.23. The number of aromatic nitrogens is 4. The fourth-order valence-electron chi connectivity index (χ4n) is 4.08. The average molecular weight is 448 g/mol. The number of carbonyl (C=O) groups excluding carboxylic acids is 1. The molecule has 0 bridgehead atoms. The third-order valence-electron chi connectivity index (χ3n) is 5.67. The van der Waals surface area contributed by atoms with E-state index in [0.717, 1.165) is 0 Å². The molecule has 0 radical (unpaired) electrons. The fourth-order valence-corrected chi connectivity index (χ4v) is 4.08. The first kappa shape index (κ1) is 21.1. The van der Waals surface area contributed by atoms with Crippen LogP contribution in [0.1, 0.15) is 27.7 Å². The zero-order valence-electron chi connectivity index (χ0n) is 18.1. The van der Waals surface area contributed by atoms with Crippen LogP contribution in [0.3, 0.4) is 0 Å². The van der Waals surface area contributed by atoms with Gasteiger partial charge in [-0.3, -0.25) is 14.2 Å². The van der Waals surface area contributed by atoms with Crippen LogP contribution >= 0.6 is 0 Å². The number of hydrogen-bond acceptors (Lipinski definition) is 5. The number of nitrogens with two attached hydrogens (primary N) is 1. The molecule has 0 unspecified atom stereocenters. The minimum absolute atomic E-state index is 0.0605. The van der Waals surface area contributed by atoms with Crippen molar-refractivity contribution in [2.75, 3.05) is 6.54 Å². The first-order valence-corrected chi connectivity index (χ1v) is 10.6. The number of hydrogen-bond donors (Lipinski definition) is 2. The second-order valence-electron chi connectivity index (χ2n) is 7.67. The van der Waals surface area contributed by atoms with Crippen LogP contribution in [-0.2, 0) is 0 Å². The molecule has 3 aromatic heterocycles. The number of fused-ring (bicyclic) bond motifs is 2. The molecule has 34 heavy (non-hydrogen) atoms. The lowest BCUT2D eigenvalue weighted by Crippen LogP contribution is -2.37. The highest BCUT2D eigenvalue weighted by atomic mass is 16.2. The van der Waals surface area contributed by atoms with E-state index in [-0.39, 0.29) is 12.1 Å². The molecule has 5 aromatic rings. The van der Waals surface area contributed by atoms with E-state index in [0.29, 0.717) is 38.9 Å². The maximum absolute atomic E-state index is 13.7. The highest BCUT2D eigenvalue weighted by Crippen LogP contribution is 2.23. The average Bonchev–Trinajstić information content (AvgIpc) is 3.31. The van der Waals surface area contributed by atoms with E-state index in [1.165, 1.54) is 10.7 Å². The lowest BCUT2D eigenvalue weighted by molar-refractivity contribution is 0.0938. The third-order valence-corrected chi connectivity index (χ3v) is 5.67. The van der Waals surface area contributed by atoms with E-state index >= 15 is 0 Å². The molecule has 0 aliphatic rings. The zero-order chi connectivity index (χ0) is 23.7. The summed E-state index contributed by atoms with van der Waals surface area (Å²) in [6, 6.07) is 17.4. The van der Waals surface area contributed by atoms with Crippen molar-refractivity contribution in [3.8, 4) is 18.0 Å². The van der Waals surface area contributed by atoms with Gasteiger partial charge in [-0.05, 0) is 35.7 Å². The van der Waals surface area contributed by atoms with Crippen molar-refractivity contribution >= 4 is 22.3 Å². The topological polar surface area (TPSA) is 107 Å². The van der Waals surface area contributed by atoms with Crippen LogP contribution in [0, 0.1) is 12.3 Å². The molecule has 8 heteroatoms. The minimum Gasteiger partial charge on any atom is -0.342 e. The SMILES string of the molecule is C#Cc1cccc2cc([C@H](CN)NC(=O)c3cnn4cccnc34)n(-c3ccccc3)c(=O)c12. The number of rotatable bonds is 5. The van der Waals surface area contributed by atoms with E-state index in [4.69, 9.17) is 12.2 Å². The summed E-state index contributed by atoms with van der Waals surface area (Å²) < 4.78 is 3.07. The van der Waals surface area contributed by atoms with Gasteiger partial charge in [-0.1, -0.05) is 36.3 Å². The summed E-state index contributed by atoms with van der Waals surface area (Å²) in [5.41, 5.74) is 8.25. The second-order valence-corrected chi connectivity index (χ2v) is 7.67. The van der Waals surface area contributed by atoms with Gasteiger partial charge in [0.1, 0.15) is 5.56 Å². The predicted molar refractivity (Wildman–Crippen MR) is 130 cm³/mol. The first-order valence-electron chi connectivity index (χ1n) is 10.6. The zero-order valence-corrected chi connectivity index (χ0v) is 18.1. The van der Waals surface area contributed by atoms with Crippen molar-refractivity contribution in [3.05, 3.63) is 106 Å². The molecule has 0 saturated heterocycles. The third kappa shape index (κ3) is 3.50. The largest absolute Gasteiger partial charge is 0.342 e. The number of benzene rings is 2. The van der Waals surface area contributed by atoms with Crippen LogP contribution in [-0.4, -0.2) is 31.6 Å². The number of amides is 1. The Morgan fingerprint density at radius 1 is 1.15 bits per heavy atom. The van der Waals surface area contributed by atoms with Gasteiger partial charge in [0.15, 0.2) is 5.65 Å². The van der Waals surface area contributed by atoms with E-state index in [9.17, 15) is 9.59 Å². The standard InChI is InChI=1S/C26H20N6O2/c1-2-17-8-6-9-18-14-22(32(26(34)23(17)18)19-10-4-3-5-11-19)21(15-27)30-25(33)20-16-29-31-13-7-12-28-24(20)31/h1,3-14,16,21H,15,27H2,(H,30,33)/t21-/m0/s1. The Morgan fingerprint density at radius 2 is 1.97 bits per heavy atom. The quantitative estimate of drug-likeness (QED) is 0.402. The molecule has 0 fully saturated rings. The van der Waals surface area contributed by atoms with Crippen molar-refractivity contribution in [3.63, 3.8) is 0 Å². The molecule has 5 rings (SSSR count). The number of pyridine rings is 1. The molecular formula is C26H20N6O2. The summed E-state index contributed by atoms with van der Waals surface area (Å²) in [4.78, 5) is 31.2. The van der Waals surface area contributed by atoms with Gasteiger partial charge in [0.25, 0.3) is 11.5 Å². The first-order chi connectivity index (χ1) is 16.6.